The Labute approximate surface area is 144 Å². The molecule has 0 aliphatic heterocycles. The summed E-state index contributed by atoms with van der Waals surface area (Å²) in [5.41, 5.74) is -1.76. The van der Waals surface area contributed by atoms with Gasteiger partial charge in [0, 0.05) is 34.3 Å². The molecule has 10 heteroatoms. The lowest BCUT2D eigenvalue weighted by Gasteiger charge is -2.22. The highest BCUT2D eigenvalue weighted by atomic mass is 19.2. The van der Waals surface area contributed by atoms with Gasteiger partial charge in [-0.05, 0) is 14.1 Å². The normalized spacial score (nSPS) is 13.7. The van der Waals surface area contributed by atoms with E-state index in [2.05, 4.69) is 10.6 Å². The highest BCUT2D eigenvalue weighted by molar-refractivity contribution is 5.95. The second-order valence-electron chi connectivity index (χ2n) is 5.33. The van der Waals surface area contributed by atoms with E-state index in [1.54, 1.807) is 0 Å². The van der Waals surface area contributed by atoms with E-state index in [0.717, 1.165) is 0 Å². The number of nitrogens with one attached hydrogen (secondary N) is 4. The molecule has 2 atom stereocenters. The van der Waals surface area contributed by atoms with E-state index in [1.165, 1.54) is 14.1 Å². The van der Waals surface area contributed by atoms with Crippen LogP contribution < -0.4 is 10.6 Å². The number of benzene rings is 2. The van der Waals surface area contributed by atoms with E-state index >= 15 is 0 Å². The van der Waals surface area contributed by atoms with Crippen LogP contribution in [0, 0.1) is 45.7 Å². The molecule has 2 aromatic rings. The summed E-state index contributed by atoms with van der Waals surface area (Å²) in [7, 11) is 2.46. The molecule has 0 aliphatic rings. The second-order valence-corrected chi connectivity index (χ2v) is 5.33. The fourth-order valence-electron chi connectivity index (χ4n) is 2.80. The van der Waals surface area contributed by atoms with Crippen molar-refractivity contribution in [3.8, 4) is 0 Å². The molecule has 0 fully saturated rings. The summed E-state index contributed by atoms with van der Waals surface area (Å²) in [5, 5.41) is 17.2. The predicted molar refractivity (Wildman–Crippen MR) is 84.9 cm³/mol. The Morgan fingerprint density at radius 2 is 0.923 bits per heavy atom. The molecule has 4 N–H and O–H groups in total. The Morgan fingerprint density at radius 1 is 0.615 bits per heavy atom. The molecule has 2 unspecified atom stereocenters. The van der Waals surface area contributed by atoms with Crippen LogP contribution in [0.15, 0.2) is 0 Å². The van der Waals surface area contributed by atoms with Crippen LogP contribution in [0.2, 0.25) is 0 Å². The van der Waals surface area contributed by atoms with E-state index in [-0.39, 0.29) is 0 Å². The summed E-state index contributed by atoms with van der Waals surface area (Å²) in [5.74, 6) is -11.6. The molecule has 4 nitrogen and oxygen atoms in total. The average Bonchev–Trinajstić information content (AvgIpc) is 2.64. The lowest BCUT2D eigenvalue weighted by atomic mass is 9.90. The van der Waals surface area contributed by atoms with Crippen molar-refractivity contribution in [2.24, 2.45) is 0 Å². The largest absolute Gasteiger partial charge is 0.311 e. The third-order valence-electron chi connectivity index (χ3n) is 4.05. The molecular weight excluding hydrogens is 362 g/mol. The zero-order chi connectivity index (χ0) is 19.8. The predicted octanol–water partition coefficient (Wildman–Crippen LogP) is 3.49. The van der Waals surface area contributed by atoms with Crippen molar-refractivity contribution in [1.82, 2.24) is 10.6 Å². The lowest BCUT2D eigenvalue weighted by Crippen LogP contribution is -2.25. The molecule has 0 saturated heterocycles. The summed E-state index contributed by atoms with van der Waals surface area (Å²) in [6, 6.07) is -2.87. The molecule has 140 valence electrons. The average molecular weight is 376 g/mol. The smallest absolute Gasteiger partial charge is 0.198 e. The van der Waals surface area contributed by atoms with Crippen LogP contribution in [0.5, 0.6) is 0 Å². The molecule has 0 aromatic heterocycles. The molecule has 0 bridgehead atoms. The summed E-state index contributed by atoms with van der Waals surface area (Å²) >= 11 is 0. The number of fused-ring (bicyclic) bond motifs is 1. The highest BCUT2D eigenvalue weighted by Crippen LogP contribution is 2.39. The van der Waals surface area contributed by atoms with Gasteiger partial charge >= 0.3 is 0 Å². The highest BCUT2D eigenvalue weighted by Gasteiger charge is 2.33. The Hall–Kier alpha value is -2.46. The van der Waals surface area contributed by atoms with Crippen molar-refractivity contribution in [3.05, 3.63) is 46.0 Å². The quantitative estimate of drug-likeness (QED) is 0.270. The van der Waals surface area contributed by atoms with Crippen LogP contribution in [0.1, 0.15) is 23.2 Å². The molecule has 0 radical (unpaired) electrons. The maximum Gasteiger partial charge on any atom is 0.198 e. The minimum absolute atomic E-state index is 0.571. The van der Waals surface area contributed by atoms with Crippen LogP contribution in [-0.4, -0.2) is 26.5 Å². The Morgan fingerprint density at radius 3 is 1.15 bits per heavy atom. The van der Waals surface area contributed by atoms with Crippen molar-refractivity contribution in [3.63, 3.8) is 0 Å². The zero-order valence-corrected chi connectivity index (χ0v) is 13.6. The first-order chi connectivity index (χ1) is 12.3. The van der Waals surface area contributed by atoms with Crippen molar-refractivity contribution >= 4 is 23.2 Å². The second kappa shape index (κ2) is 7.42. The van der Waals surface area contributed by atoms with Gasteiger partial charge in [0.2, 0.25) is 0 Å². The number of hydrogen-bond donors (Lipinski definition) is 4. The molecule has 26 heavy (non-hydrogen) atoms. The fraction of sp³-hybridized carbons (Fsp3) is 0.250. The van der Waals surface area contributed by atoms with Gasteiger partial charge in [-0.2, -0.15) is 0 Å². The SMILES string of the molecule is CNC(C=N)c1c(F)c(F)c(C(C=N)NC)c2c(F)c(F)c(F)c(F)c12. The van der Waals surface area contributed by atoms with Crippen LogP contribution >= 0.6 is 0 Å². The molecular formula is C16H14F6N4. The number of halogens is 6. The summed E-state index contributed by atoms with van der Waals surface area (Å²) < 4.78 is 85.7. The van der Waals surface area contributed by atoms with Gasteiger partial charge in [0.15, 0.2) is 34.9 Å². The third-order valence-corrected chi connectivity index (χ3v) is 4.05. The number of hydrogen-bond acceptors (Lipinski definition) is 4. The molecule has 0 spiro atoms. The molecule has 0 amide bonds. The Kier molecular flexibility index (Phi) is 5.67. The van der Waals surface area contributed by atoms with Crippen molar-refractivity contribution in [2.45, 2.75) is 12.1 Å². The molecule has 2 aromatic carbocycles. The zero-order valence-electron chi connectivity index (χ0n) is 13.6. The monoisotopic (exact) mass is 376 g/mol. The minimum Gasteiger partial charge on any atom is -0.311 e. The van der Waals surface area contributed by atoms with Crippen LogP contribution in [-0.2, 0) is 0 Å². The van der Waals surface area contributed by atoms with E-state index in [1.807, 2.05) is 0 Å². The first-order valence-corrected chi connectivity index (χ1v) is 7.28. The van der Waals surface area contributed by atoms with Gasteiger partial charge in [-0.25, -0.2) is 26.3 Å². The van der Waals surface area contributed by atoms with Crippen LogP contribution in [0.3, 0.4) is 0 Å². The lowest BCUT2D eigenvalue weighted by molar-refractivity contribution is 0.414. The Bertz CT molecular complexity index is 826. The van der Waals surface area contributed by atoms with Gasteiger partial charge in [0.05, 0.1) is 12.1 Å². The van der Waals surface area contributed by atoms with Crippen LogP contribution in [0.25, 0.3) is 10.8 Å². The van der Waals surface area contributed by atoms with E-state index in [4.69, 9.17) is 10.8 Å². The maximum atomic E-state index is 14.7. The first kappa shape index (κ1) is 19.9. The Balaban J connectivity index is 3.24. The maximum absolute atomic E-state index is 14.7. The van der Waals surface area contributed by atoms with Gasteiger partial charge in [0.1, 0.15) is 0 Å². The van der Waals surface area contributed by atoms with E-state index < -0.39 is 68.9 Å². The van der Waals surface area contributed by atoms with Gasteiger partial charge < -0.3 is 21.5 Å². The molecule has 0 heterocycles. The third kappa shape index (κ3) is 2.74. The topological polar surface area (TPSA) is 71.8 Å². The summed E-state index contributed by atoms with van der Waals surface area (Å²) in [4.78, 5) is 0. The summed E-state index contributed by atoms with van der Waals surface area (Å²) in [6.07, 6.45) is 1.14. The van der Waals surface area contributed by atoms with Crippen molar-refractivity contribution < 1.29 is 26.3 Å². The van der Waals surface area contributed by atoms with Crippen LogP contribution in [0.4, 0.5) is 26.3 Å². The van der Waals surface area contributed by atoms with Gasteiger partial charge in [-0.1, -0.05) is 0 Å². The fourth-order valence-corrected chi connectivity index (χ4v) is 2.80. The standard InChI is InChI=1S/C16H14F6N4/c1-25-5(3-23)7-9-10(14(20)16(22)15(21)13(9)19)8(6(4-24)26-2)12(18)11(7)17/h3-6,23-26H,1-2H3. The van der Waals surface area contributed by atoms with Crippen molar-refractivity contribution in [1.29, 1.82) is 10.8 Å². The van der Waals surface area contributed by atoms with Gasteiger partial charge in [-0.15, -0.1) is 0 Å². The van der Waals surface area contributed by atoms with Crippen molar-refractivity contribution in [2.75, 3.05) is 14.1 Å². The molecule has 0 aliphatic carbocycles. The van der Waals surface area contributed by atoms with E-state index in [9.17, 15) is 26.3 Å². The van der Waals surface area contributed by atoms with E-state index in [0.29, 0.717) is 12.4 Å². The number of rotatable bonds is 6. The van der Waals surface area contributed by atoms with Gasteiger partial charge in [-0.3, -0.25) is 0 Å². The van der Waals surface area contributed by atoms with Gasteiger partial charge in [0.25, 0.3) is 0 Å². The minimum atomic E-state index is -2.19. The molecule has 2 rings (SSSR count). The molecule has 0 saturated carbocycles. The first-order valence-electron chi connectivity index (χ1n) is 7.28. The summed E-state index contributed by atoms with van der Waals surface area (Å²) in [6.45, 7) is 0.